The molecule has 1 aliphatic carbocycles. The van der Waals surface area contributed by atoms with Gasteiger partial charge in [0.2, 0.25) is 17.7 Å². The van der Waals surface area contributed by atoms with Crippen LogP contribution in [0.25, 0.3) is 0 Å². The van der Waals surface area contributed by atoms with Crippen LogP contribution in [0.3, 0.4) is 0 Å². The topological polar surface area (TPSA) is 78.5 Å². The van der Waals surface area contributed by atoms with Gasteiger partial charge in [0.15, 0.2) is 0 Å². The minimum atomic E-state index is -0.412. The molecule has 2 aromatic rings. The molecule has 33 heavy (non-hydrogen) atoms. The fourth-order valence-electron chi connectivity index (χ4n) is 4.08. The van der Waals surface area contributed by atoms with E-state index in [0.29, 0.717) is 18.0 Å². The number of hydrogen-bond donors (Lipinski definition) is 2. The maximum Gasteiger partial charge on any atom is 0.243 e. The van der Waals surface area contributed by atoms with Gasteiger partial charge < -0.3 is 15.5 Å². The van der Waals surface area contributed by atoms with E-state index in [9.17, 15) is 18.8 Å². The summed E-state index contributed by atoms with van der Waals surface area (Å²) in [4.78, 5) is 39.1. The second kappa shape index (κ2) is 12.1. The molecule has 0 saturated heterocycles. The number of nitrogens with one attached hydrogen (secondary N) is 2. The predicted molar refractivity (Wildman–Crippen MR) is 126 cm³/mol. The van der Waals surface area contributed by atoms with Crippen molar-refractivity contribution < 1.29 is 18.8 Å². The average Bonchev–Trinajstić information content (AvgIpc) is 3.32. The van der Waals surface area contributed by atoms with E-state index in [2.05, 4.69) is 10.6 Å². The molecule has 0 spiro atoms. The van der Waals surface area contributed by atoms with Crippen molar-refractivity contribution in [2.75, 3.05) is 18.4 Å². The van der Waals surface area contributed by atoms with Gasteiger partial charge in [-0.2, -0.15) is 0 Å². The first-order chi connectivity index (χ1) is 15.9. The van der Waals surface area contributed by atoms with Crippen LogP contribution < -0.4 is 10.6 Å². The van der Waals surface area contributed by atoms with Crippen molar-refractivity contribution in [1.29, 1.82) is 0 Å². The molecule has 0 aliphatic heterocycles. The third-order valence-electron chi connectivity index (χ3n) is 6.00. The number of anilines is 1. The zero-order chi connectivity index (χ0) is 23.6. The standard InChI is InChI=1S/C26H32FN3O3/c1-19-6-13-23(14-7-19)29-24(31)16-28-25(32)18-30(17-21-8-11-22(27)12-9-21)26(33)15-10-20-4-2-3-5-20/h6-9,11-14,20H,2-5,10,15-18H2,1H3,(H,28,32)(H,29,31). The maximum absolute atomic E-state index is 13.3. The van der Waals surface area contributed by atoms with Gasteiger partial charge in [0.25, 0.3) is 0 Å². The highest BCUT2D eigenvalue weighted by atomic mass is 19.1. The molecule has 1 saturated carbocycles. The Morgan fingerprint density at radius 2 is 1.64 bits per heavy atom. The molecular weight excluding hydrogens is 421 g/mol. The molecule has 6 nitrogen and oxygen atoms in total. The van der Waals surface area contributed by atoms with E-state index in [-0.39, 0.29) is 37.3 Å². The summed E-state index contributed by atoms with van der Waals surface area (Å²) < 4.78 is 13.3. The van der Waals surface area contributed by atoms with E-state index >= 15 is 0 Å². The first-order valence-electron chi connectivity index (χ1n) is 11.5. The van der Waals surface area contributed by atoms with E-state index in [1.54, 1.807) is 24.3 Å². The summed E-state index contributed by atoms with van der Waals surface area (Å²) in [5.74, 6) is -0.642. The van der Waals surface area contributed by atoms with Crippen molar-refractivity contribution in [2.45, 2.75) is 52.0 Å². The number of halogens is 1. The molecule has 0 bridgehead atoms. The fourth-order valence-corrected chi connectivity index (χ4v) is 4.08. The molecule has 0 unspecified atom stereocenters. The van der Waals surface area contributed by atoms with Crippen LogP contribution in [-0.4, -0.2) is 35.7 Å². The molecule has 3 amide bonds. The normalized spacial score (nSPS) is 13.5. The van der Waals surface area contributed by atoms with Crippen molar-refractivity contribution in [3.05, 3.63) is 65.5 Å². The van der Waals surface area contributed by atoms with Crippen LogP contribution >= 0.6 is 0 Å². The Hall–Kier alpha value is -3.22. The SMILES string of the molecule is Cc1ccc(NC(=O)CNC(=O)CN(Cc2ccc(F)cc2)C(=O)CCC2CCCC2)cc1. The zero-order valence-corrected chi connectivity index (χ0v) is 19.1. The number of hydrogen-bond acceptors (Lipinski definition) is 3. The third-order valence-corrected chi connectivity index (χ3v) is 6.00. The van der Waals surface area contributed by atoms with Crippen molar-refractivity contribution in [1.82, 2.24) is 10.2 Å². The summed E-state index contributed by atoms with van der Waals surface area (Å²) in [7, 11) is 0. The van der Waals surface area contributed by atoms with E-state index in [1.807, 2.05) is 19.1 Å². The number of nitrogens with zero attached hydrogens (tertiary/aromatic N) is 1. The molecule has 7 heteroatoms. The van der Waals surface area contributed by atoms with Gasteiger partial charge in [0.1, 0.15) is 5.82 Å². The minimum absolute atomic E-state index is 0.106. The molecule has 1 aliphatic rings. The monoisotopic (exact) mass is 453 g/mol. The molecule has 0 radical (unpaired) electrons. The quantitative estimate of drug-likeness (QED) is 0.566. The number of carbonyl (C=O) groups excluding carboxylic acids is 3. The van der Waals surface area contributed by atoms with E-state index < -0.39 is 5.91 Å². The Labute approximate surface area is 194 Å². The lowest BCUT2D eigenvalue weighted by molar-refractivity contribution is -0.137. The number of benzene rings is 2. The van der Waals surface area contributed by atoms with Gasteiger partial charge in [-0.1, -0.05) is 55.5 Å². The number of rotatable bonds is 10. The highest BCUT2D eigenvalue weighted by Crippen LogP contribution is 2.28. The second-order valence-electron chi connectivity index (χ2n) is 8.76. The smallest absolute Gasteiger partial charge is 0.243 e. The van der Waals surface area contributed by atoms with Gasteiger partial charge in [0, 0.05) is 18.7 Å². The Balaban J connectivity index is 1.53. The van der Waals surface area contributed by atoms with Crippen LogP contribution in [0.15, 0.2) is 48.5 Å². The third kappa shape index (κ3) is 8.33. The van der Waals surface area contributed by atoms with Gasteiger partial charge >= 0.3 is 0 Å². The number of carbonyl (C=O) groups is 3. The summed E-state index contributed by atoms with van der Waals surface area (Å²) in [5.41, 5.74) is 2.48. The van der Waals surface area contributed by atoms with Gasteiger partial charge in [-0.3, -0.25) is 14.4 Å². The summed E-state index contributed by atoms with van der Waals surface area (Å²) in [5, 5.41) is 5.31. The van der Waals surface area contributed by atoms with Crippen molar-refractivity contribution in [2.24, 2.45) is 5.92 Å². The number of amides is 3. The number of aryl methyl sites for hydroxylation is 1. The zero-order valence-electron chi connectivity index (χ0n) is 19.1. The van der Waals surface area contributed by atoms with Gasteiger partial charge in [0.05, 0.1) is 13.1 Å². The summed E-state index contributed by atoms with van der Waals surface area (Å²) in [6, 6.07) is 13.3. The Bertz CT molecular complexity index is 938. The lowest BCUT2D eigenvalue weighted by Gasteiger charge is -2.23. The summed E-state index contributed by atoms with van der Waals surface area (Å²) in [6.45, 7) is 1.83. The van der Waals surface area contributed by atoms with E-state index in [4.69, 9.17) is 0 Å². The molecule has 2 N–H and O–H groups in total. The Kier molecular flexibility index (Phi) is 8.98. The van der Waals surface area contributed by atoms with Crippen molar-refractivity contribution >= 4 is 23.4 Å². The molecular formula is C26H32FN3O3. The van der Waals surface area contributed by atoms with Crippen LogP contribution in [-0.2, 0) is 20.9 Å². The van der Waals surface area contributed by atoms with Crippen molar-refractivity contribution in [3.8, 4) is 0 Å². The molecule has 0 aromatic heterocycles. The fraction of sp³-hybridized carbons (Fsp3) is 0.423. The first-order valence-corrected chi connectivity index (χ1v) is 11.5. The highest BCUT2D eigenvalue weighted by molar-refractivity contribution is 5.95. The lowest BCUT2D eigenvalue weighted by Crippen LogP contribution is -2.42. The molecule has 176 valence electrons. The lowest BCUT2D eigenvalue weighted by atomic mass is 10.0. The Morgan fingerprint density at radius 1 is 0.970 bits per heavy atom. The van der Waals surface area contributed by atoms with E-state index in [1.165, 1.54) is 29.9 Å². The molecule has 1 fully saturated rings. The van der Waals surface area contributed by atoms with Gasteiger partial charge in [-0.15, -0.1) is 0 Å². The van der Waals surface area contributed by atoms with Gasteiger partial charge in [-0.05, 0) is 49.1 Å². The van der Waals surface area contributed by atoms with Gasteiger partial charge in [-0.25, -0.2) is 4.39 Å². The molecule has 2 aromatic carbocycles. The van der Waals surface area contributed by atoms with Crippen LogP contribution in [0.5, 0.6) is 0 Å². The van der Waals surface area contributed by atoms with Crippen LogP contribution in [0.1, 0.15) is 49.7 Å². The Morgan fingerprint density at radius 3 is 2.30 bits per heavy atom. The first kappa shape index (κ1) is 24.4. The molecule has 0 heterocycles. The molecule has 3 rings (SSSR count). The largest absolute Gasteiger partial charge is 0.345 e. The van der Waals surface area contributed by atoms with E-state index in [0.717, 1.165) is 30.4 Å². The van der Waals surface area contributed by atoms with Crippen molar-refractivity contribution in [3.63, 3.8) is 0 Å². The van der Waals surface area contributed by atoms with Crippen LogP contribution in [0.4, 0.5) is 10.1 Å². The average molecular weight is 454 g/mol. The van der Waals surface area contributed by atoms with Crippen LogP contribution in [0, 0.1) is 18.7 Å². The summed E-state index contributed by atoms with van der Waals surface area (Å²) >= 11 is 0. The maximum atomic E-state index is 13.3. The second-order valence-corrected chi connectivity index (χ2v) is 8.76. The van der Waals surface area contributed by atoms with Crippen LogP contribution in [0.2, 0.25) is 0 Å². The predicted octanol–water partition coefficient (Wildman–Crippen LogP) is 4.19. The molecule has 0 atom stereocenters. The highest BCUT2D eigenvalue weighted by Gasteiger charge is 2.21. The minimum Gasteiger partial charge on any atom is -0.345 e. The summed E-state index contributed by atoms with van der Waals surface area (Å²) in [6.07, 6.45) is 5.94.